The Balaban J connectivity index is 2.58. The second-order valence-electron chi connectivity index (χ2n) is 3.51. The van der Waals surface area contributed by atoms with Gasteiger partial charge < -0.3 is 4.57 Å². The maximum atomic E-state index is 4.54. The molecule has 0 bridgehead atoms. The van der Waals surface area contributed by atoms with Crippen LogP contribution >= 0.6 is 11.8 Å². The lowest BCUT2D eigenvalue weighted by Crippen LogP contribution is -1.94. The predicted molar refractivity (Wildman–Crippen MR) is 65.2 cm³/mol. The van der Waals surface area contributed by atoms with Gasteiger partial charge in [-0.05, 0) is 37.4 Å². The topological polar surface area (TPSA) is 17.8 Å². The largest absolute Gasteiger partial charge is 0.350 e. The van der Waals surface area contributed by atoms with Gasteiger partial charge in [-0.3, -0.25) is 0 Å². The molecule has 0 fully saturated rings. The van der Waals surface area contributed by atoms with E-state index in [1.54, 1.807) is 11.8 Å². The third-order valence-electron chi connectivity index (χ3n) is 2.41. The second kappa shape index (κ2) is 4.11. The maximum absolute atomic E-state index is 4.54. The van der Waals surface area contributed by atoms with E-state index in [2.05, 4.69) is 53.3 Å². The van der Waals surface area contributed by atoms with Crippen LogP contribution in [0.15, 0.2) is 35.5 Å². The molecular formula is C12H14N2S. The first-order chi connectivity index (χ1) is 7.22. The first-order valence-electron chi connectivity index (χ1n) is 4.85. The van der Waals surface area contributed by atoms with Gasteiger partial charge in [-0.25, -0.2) is 4.98 Å². The van der Waals surface area contributed by atoms with Crippen LogP contribution in [-0.2, 0) is 7.05 Å². The van der Waals surface area contributed by atoms with Gasteiger partial charge in [0.15, 0.2) is 0 Å². The van der Waals surface area contributed by atoms with Gasteiger partial charge in [0, 0.05) is 24.5 Å². The van der Waals surface area contributed by atoms with Gasteiger partial charge in [-0.2, -0.15) is 0 Å². The molecule has 0 spiro atoms. The van der Waals surface area contributed by atoms with Crippen molar-refractivity contribution in [3.05, 3.63) is 36.2 Å². The van der Waals surface area contributed by atoms with Gasteiger partial charge in [-0.1, -0.05) is 0 Å². The number of hydrogen-bond acceptors (Lipinski definition) is 2. The van der Waals surface area contributed by atoms with Crippen LogP contribution < -0.4 is 0 Å². The predicted octanol–water partition coefficient (Wildman–Crippen LogP) is 3.12. The number of thioether (sulfide) groups is 1. The number of rotatable bonds is 2. The van der Waals surface area contributed by atoms with E-state index in [1.807, 2.05) is 6.92 Å². The standard InChI is InChI=1S/C12H14N2S/c1-9-6-7-10(12(13-9)15-3)11-5-4-8-14(11)2/h4-8H,1-3H3. The highest BCUT2D eigenvalue weighted by Crippen LogP contribution is 2.28. The van der Waals surface area contributed by atoms with Gasteiger partial charge in [-0.15, -0.1) is 11.8 Å². The molecule has 0 saturated heterocycles. The average molecular weight is 218 g/mol. The van der Waals surface area contributed by atoms with E-state index < -0.39 is 0 Å². The molecule has 0 aromatic carbocycles. The summed E-state index contributed by atoms with van der Waals surface area (Å²) in [6.07, 6.45) is 4.12. The highest BCUT2D eigenvalue weighted by Gasteiger charge is 2.08. The van der Waals surface area contributed by atoms with Gasteiger partial charge in [0.05, 0.1) is 5.69 Å². The number of aromatic nitrogens is 2. The summed E-state index contributed by atoms with van der Waals surface area (Å²) in [5.41, 5.74) is 3.49. The van der Waals surface area contributed by atoms with Gasteiger partial charge >= 0.3 is 0 Å². The zero-order valence-corrected chi connectivity index (χ0v) is 10.0. The lowest BCUT2D eigenvalue weighted by molar-refractivity contribution is 0.926. The van der Waals surface area contributed by atoms with Crippen LogP contribution in [-0.4, -0.2) is 15.8 Å². The van der Waals surface area contributed by atoms with Crippen molar-refractivity contribution in [1.82, 2.24) is 9.55 Å². The fourth-order valence-electron chi connectivity index (χ4n) is 1.62. The summed E-state index contributed by atoms with van der Waals surface area (Å²) in [6.45, 7) is 2.02. The monoisotopic (exact) mass is 218 g/mol. The van der Waals surface area contributed by atoms with E-state index in [4.69, 9.17) is 0 Å². The Kier molecular flexibility index (Phi) is 2.82. The molecule has 0 saturated carbocycles. The van der Waals surface area contributed by atoms with Crippen molar-refractivity contribution in [1.29, 1.82) is 0 Å². The van der Waals surface area contributed by atoms with Crippen molar-refractivity contribution in [2.24, 2.45) is 7.05 Å². The first-order valence-corrected chi connectivity index (χ1v) is 6.08. The van der Waals surface area contributed by atoms with Gasteiger partial charge in [0.2, 0.25) is 0 Å². The van der Waals surface area contributed by atoms with Crippen LogP contribution in [0.5, 0.6) is 0 Å². The Bertz CT molecular complexity index is 474. The lowest BCUT2D eigenvalue weighted by Gasteiger charge is -2.08. The van der Waals surface area contributed by atoms with Crippen LogP contribution in [0, 0.1) is 6.92 Å². The molecule has 2 heterocycles. The van der Waals surface area contributed by atoms with E-state index in [0.29, 0.717) is 0 Å². The summed E-state index contributed by atoms with van der Waals surface area (Å²) in [4.78, 5) is 4.54. The first kappa shape index (κ1) is 10.3. The smallest absolute Gasteiger partial charge is 0.105 e. The van der Waals surface area contributed by atoms with Crippen molar-refractivity contribution < 1.29 is 0 Å². The molecule has 0 atom stereocenters. The number of hydrogen-bond donors (Lipinski definition) is 0. The summed E-state index contributed by atoms with van der Waals surface area (Å²) in [5, 5.41) is 1.09. The zero-order chi connectivity index (χ0) is 10.8. The molecule has 2 nitrogen and oxygen atoms in total. The molecular weight excluding hydrogens is 204 g/mol. The maximum Gasteiger partial charge on any atom is 0.105 e. The highest BCUT2D eigenvalue weighted by molar-refractivity contribution is 7.98. The quantitative estimate of drug-likeness (QED) is 0.721. The van der Waals surface area contributed by atoms with Crippen molar-refractivity contribution in [2.45, 2.75) is 11.9 Å². The molecule has 0 radical (unpaired) electrons. The number of pyridine rings is 1. The minimum absolute atomic E-state index is 1.07. The Morgan fingerprint density at radius 2 is 2.07 bits per heavy atom. The van der Waals surface area contributed by atoms with Crippen LogP contribution in [0.3, 0.4) is 0 Å². The zero-order valence-electron chi connectivity index (χ0n) is 9.19. The Morgan fingerprint density at radius 3 is 2.67 bits per heavy atom. The van der Waals surface area contributed by atoms with Crippen molar-refractivity contribution in [3.8, 4) is 11.3 Å². The molecule has 0 unspecified atom stereocenters. The van der Waals surface area contributed by atoms with E-state index in [0.717, 1.165) is 10.7 Å². The summed E-state index contributed by atoms with van der Waals surface area (Å²) in [7, 11) is 2.05. The van der Waals surface area contributed by atoms with Crippen molar-refractivity contribution >= 4 is 11.8 Å². The van der Waals surface area contributed by atoms with E-state index in [1.165, 1.54) is 11.3 Å². The normalized spacial score (nSPS) is 10.6. The van der Waals surface area contributed by atoms with E-state index in [-0.39, 0.29) is 0 Å². The third kappa shape index (κ3) is 1.92. The molecule has 0 N–H and O–H groups in total. The molecule has 0 aliphatic heterocycles. The fourth-order valence-corrected chi connectivity index (χ4v) is 2.25. The van der Waals surface area contributed by atoms with Crippen LogP contribution in [0.4, 0.5) is 0 Å². The minimum atomic E-state index is 1.07. The van der Waals surface area contributed by atoms with E-state index in [9.17, 15) is 0 Å². The fraction of sp³-hybridized carbons (Fsp3) is 0.250. The molecule has 0 aliphatic carbocycles. The molecule has 3 heteroatoms. The lowest BCUT2D eigenvalue weighted by atomic mass is 10.2. The van der Waals surface area contributed by atoms with Crippen LogP contribution in [0.25, 0.3) is 11.3 Å². The molecule has 2 aromatic heterocycles. The summed E-state index contributed by atoms with van der Waals surface area (Å²) < 4.78 is 2.12. The Hall–Kier alpha value is -1.22. The van der Waals surface area contributed by atoms with Crippen molar-refractivity contribution in [2.75, 3.05) is 6.26 Å². The molecule has 78 valence electrons. The molecule has 2 rings (SSSR count). The summed E-state index contributed by atoms with van der Waals surface area (Å²) >= 11 is 1.69. The molecule has 0 amide bonds. The highest BCUT2D eigenvalue weighted by atomic mass is 32.2. The Labute approximate surface area is 94.3 Å². The van der Waals surface area contributed by atoms with E-state index >= 15 is 0 Å². The molecule has 0 aliphatic rings. The van der Waals surface area contributed by atoms with Gasteiger partial charge in [0.25, 0.3) is 0 Å². The third-order valence-corrected chi connectivity index (χ3v) is 3.11. The van der Waals surface area contributed by atoms with Gasteiger partial charge in [0.1, 0.15) is 5.03 Å². The van der Waals surface area contributed by atoms with Crippen molar-refractivity contribution in [3.63, 3.8) is 0 Å². The van der Waals surface area contributed by atoms with Crippen LogP contribution in [0.2, 0.25) is 0 Å². The number of aryl methyl sites for hydroxylation is 2. The minimum Gasteiger partial charge on any atom is -0.350 e. The molecule has 15 heavy (non-hydrogen) atoms. The van der Waals surface area contributed by atoms with Crippen LogP contribution in [0.1, 0.15) is 5.69 Å². The second-order valence-corrected chi connectivity index (χ2v) is 4.31. The number of nitrogens with zero attached hydrogens (tertiary/aromatic N) is 2. The Morgan fingerprint density at radius 1 is 1.27 bits per heavy atom. The summed E-state index contributed by atoms with van der Waals surface area (Å²) in [6, 6.07) is 8.37. The molecule has 2 aromatic rings. The summed E-state index contributed by atoms with van der Waals surface area (Å²) in [5.74, 6) is 0. The average Bonchev–Trinajstić information content (AvgIpc) is 2.64. The SMILES string of the molecule is CSc1nc(C)ccc1-c1cccn1C.